The first-order chi connectivity index (χ1) is 6.29. The van der Waals surface area contributed by atoms with E-state index in [2.05, 4.69) is 0 Å². The third-order valence-corrected chi connectivity index (χ3v) is 3.23. The van der Waals surface area contributed by atoms with Crippen LogP contribution in [0.5, 0.6) is 0 Å². The zero-order valence-electron chi connectivity index (χ0n) is 7.91. The van der Waals surface area contributed by atoms with Crippen LogP contribution in [0, 0.1) is 0 Å². The average Bonchev–Trinajstić information content (AvgIpc) is 2.49. The molecule has 3 nitrogen and oxygen atoms in total. The third kappa shape index (κ3) is 1.70. The smallest absolute Gasteiger partial charge is 0.251 e. The fraction of sp³-hybridized carbons (Fsp3) is 0.900. The molecule has 1 heterocycles. The second kappa shape index (κ2) is 3.66. The summed E-state index contributed by atoms with van der Waals surface area (Å²) in [7, 11) is 0. The van der Waals surface area contributed by atoms with Crippen molar-refractivity contribution < 1.29 is 9.90 Å². The molecule has 3 heteroatoms. The molecule has 0 aromatic heterocycles. The second-order valence-corrected chi connectivity index (χ2v) is 4.13. The standard InChI is InChI=1S/C10H17NO2/c12-9-6-7-11(10(9)13)8-4-2-1-3-5-8/h8-9,12H,1-7H2/t9-/m0/s1. The minimum absolute atomic E-state index is 0.0353. The normalized spacial score (nSPS) is 31.3. The molecule has 0 bridgehead atoms. The zero-order valence-corrected chi connectivity index (χ0v) is 7.91. The van der Waals surface area contributed by atoms with E-state index in [1.807, 2.05) is 4.90 Å². The Kier molecular flexibility index (Phi) is 2.54. The van der Waals surface area contributed by atoms with Gasteiger partial charge in [-0.2, -0.15) is 0 Å². The minimum Gasteiger partial charge on any atom is -0.383 e. The Balaban J connectivity index is 1.96. The lowest BCUT2D eigenvalue weighted by atomic mass is 9.94. The number of carbonyl (C=O) groups excluding carboxylic acids is 1. The van der Waals surface area contributed by atoms with Gasteiger partial charge in [0.25, 0.3) is 5.91 Å². The van der Waals surface area contributed by atoms with Gasteiger partial charge in [-0.3, -0.25) is 4.79 Å². The summed E-state index contributed by atoms with van der Waals surface area (Å²) in [5.74, 6) is -0.0353. The van der Waals surface area contributed by atoms with Crippen LogP contribution >= 0.6 is 0 Å². The summed E-state index contributed by atoms with van der Waals surface area (Å²) in [5.41, 5.74) is 0. The van der Waals surface area contributed by atoms with Crippen molar-refractivity contribution in [2.45, 2.75) is 50.7 Å². The highest BCUT2D eigenvalue weighted by Crippen LogP contribution is 2.26. The molecule has 0 spiro atoms. The van der Waals surface area contributed by atoms with Gasteiger partial charge in [-0.15, -0.1) is 0 Å². The molecule has 0 radical (unpaired) electrons. The molecule has 1 N–H and O–H groups in total. The van der Waals surface area contributed by atoms with Crippen LogP contribution < -0.4 is 0 Å². The number of hydrogen-bond donors (Lipinski definition) is 1. The summed E-state index contributed by atoms with van der Waals surface area (Å²) in [6.07, 6.45) is 5.99. The molecule has 0 aromatic rings. The van der Waals surface area contributed by atoms with E-state index in [0.29, 0.717) is 12.5 Å². The van der Waals surface area contributed by atoms with Gasteiger partial charge in [-0.05, 0) is 19.3 Å². The SMILES string of the molecule is O=C1[C@@H](O)CCN1C1CCCCC1. The van der Waals surface area contributed by atoms with Gasteiger partial charge in [0, 0.05) is 12.6 Å². The lowest BCUT2D eigenvalue weighted by Gasteiger charge is -2.30. The molecule has 0 unspecified atom stereocenters. The van der Waals surface area contributed by atoms with Crippen LogP contribution in [0.1, 0.15) is 38.5 Å². The van der Waals surface area contributed by atoms with Crippen LogP contribution in [-0.4, -0.2) is 34.6 Å². The number of aliphatic hydroxyl groups excluding tert-OH is 1. The van der Waals surface area contributed by atoms with Crippen molar-refractivity contribution in [3.63, 3.8) is 0 Å². The summed E-state index contributed by atoms with van der Waals surface area (Å²) in [4.78, 5) is 13.4. The van der Waals surface area contributed by atoms with Crippen molar-refractivity contribution in [1.82, 2.24) is 4.90 Å². The van der Waals surface area contributed by atoms with Crippen molar-refractivity contribution in [2.24, 2.45) is 0 Å². The molecule has 1 saturated heterocycles. The Morgan fingerprint density at radius 3 is 2.38 bits per heavy atom. The molecule has 1 atom stereocenters. The van der Waals surface area contributed by atoms with Gasteiger partial charge in [0.15, 0.2) is 0 Å². The first-order valence-electron chi connectivity index (χ1n) is 5.27. The highest BCUT2D eigenvalue weighted by molar-refractivity contribution is 5.83. The topological polar surface area (TPSA) is 40.5 Å². The van der Waals surface area contributed by atoms with Crippen LogP contribution in [0.15, 0.2) is 0 Å². The van der Waals surface area contributed by atoms with E-state index in [0.717, 1.165) is 19.4 Å². The van der Waals surface area contributed by atoms with E-state index >= 15 is 0 Å². The molecule has 74 valence electrons. The van der Waals surface area contributed by atoms with E-state index in [-0.39, 0.29) is 5.91 Å². The van der Waals surface area contributed by atoms with Crippen LogP contribution in [0.2, 0.25) is 0 Å². The van der Waals surface area contributed by atoms with Gasteiger partial charge in [0.2, 0.25) is 0 Å². The minimum atomic E-state index is -0.707. The Hall–Kier alpha value is -0.570. The maximum atomic E-state index is 11.5. The Labute approximate surface area is 78.7 Å². The van der Waals surface area contributed by atoms with Gasteiger partial charge < -0.3 is 10.0 Å². The lowest BCUT2D eigenvalue weighted by Crippen LogP contribution is -2.39. The number of rotatable bonds is 1. The monoisotopic (exact) mass is 183 g/mol. The fourth-order valence-electron chi connectivity index (χ4n) is 2.44. The Morgan fingerprint density at radius 2 is 1.85 bits per heavy atom. The lowest BCUT2D eigenvalue weighted by molar-refractivity contribution is -0.136. The summed E-state index contributed by atoms with van der Waals surface area (Å²) in [5, 5.41) is 9.31. The third-order valence-electron chi connectivity index (χ3n) is 3.23. The number of hydrogen-bond acceptors (Lipinski definition) is 2. The van der Waals surface area contributed by atoms with Crippen LogP contribution in [0.3, 0.4) is 0 Å². The molecule has 0 aromatic carbocycles. The molecule has 2 rings (SSSR count). The van der Waals surface area contributed by atoms with Gasteiger partial charge in [0.1, 0.15) is 6.10 Å². The molecule has 1 aliphatic carbocycles. The maximum absolute atomic E-state index is 11.5. The number of aliphatic hydroxyl groups is 1. The highest BCUT2D eigenvalue weighted by atomic mass is 16.3. The van der Waals surface area contributed by atoms with Crippen LogP contribution in [-0.2, 0) is 4.79 Å². The predicted octanol–water partition coefficient (Wildman–Crippen LogP) is 0.912. The Morgan fingerprint density at radius 1 is 1.15 bits per heavy atom. The fourth-order valence-corrected chi connectivity index (χ4v) is 2.44. The summed E-state index contributed by atoms with van der Waals surface area (Å²) in [6.45, 7) is 0.769. The molecule has 13 heavy (non-hydrogen) atoms. The number of carbonyl (C=O) groups is 1. The highest BCUT2D eigenvalue weighted by Gasteiger charge is 2.34. The van der Waals surface area contributed by atoms with E-state index in [1.165, 1.54) is 19.3 Å². The molecular formula is C10H17NO2. The van der Waals surface area contributed by atoms with Gasteiger partial charge >= 0.3 is 0 Å². The molecule has 1 saturated carbocycles. The van der Waals surface area contributed by atoms with Crippen molar-refractivity contribution in [1.29, 1.82) is 0 Å². The van der Waals surface area contributed by atoms with Crippen molar-refractivity contribution in [3.05, 3.63) is 0 Å². The van der Waals surface area contributed by atoms with Crippen molar-refractivity contribution in [3.8, 4) is 0 Å². The quantitative estimate of drug-likeness (QED) is 0.656. The summed E-state index contributed by atoms with van der Waals surface area (Å²) in [6, 6.07) is 0.429. The molecule has 2 fully saturated rings. The molecule has 1 aliphatic heterocycles. The summed E-state index contributed by atoms with van der Waals surface area (Å²) >= 11 is 0. The number of amides is 1. The van der Waals surface area contributed by atoms with Crippen LogP contribution in [0.25, 0.3) is 0 Å². The van der Waals surface area contributed by atoms with E-state index in [1.54, 1.807) is 0 Å². The first-order valence-corrected chi connectivity index (χ1v) is 5.27. The summed E-state index contributed by atoms with van der Waals surface area (Å²) < 4.78 is 0. The maximum Gasteiger partial charge on any atom is 0.251 e. The van der Waals surface area contributed by atoms with Gasteiger partial charge in [-0.1, -0.05) is 19.3 Å². The second-order valence-electron chi connectivity index (χ2n) is 4.13. The Bertz CT molecular complexity index is 199. The van der Waals surface area contributed by atoms with Crippen molar-refractivity contribution in [2.75, 3.05) is 6.54 Å². The number of likely N-dealkylation sites (tertiary alicyclic amines) is 1. The van der Waals surface area contributed by atoms with Crippen molar-refractivity contribution >= 4 is 5.91 Å². The molecule has 1 amide bonds. The average molecular weight is 183 g/mol. The van der Waals surface area contributed by atoms with Gasteiger partial charge in [0.05, 0.1) is 0 Å². The zero-order chi connectivity index (χ0) is 9.26. The number of nitrogens with zero attached hydrogens (tertiary/aromatic N) is 1. The first kappa shape index (κ1) is 9.00. The van der Waals surface area contributed by atoms with Gasteiger partial charge in [-0.25, -0.2) is 0 Å². The molecular weight excluding hydrogens is 166 g/mol. The van der Waals surface area contributed by atoms with Crippen LogP contribution in [0.4, 0.5) is 0 Å². The van der Waals surface area contributed by atoms with E-state index in [9.17, 15) is 9.90 Å². The molecule has 2 aliphatic rings. The van der Waals surface area contributed by atoms with E-state index < -0.39 is 6.10 Å². The van der Waals surface area contributed by atoms with E-state index in [4.69, 9.17) is 0 Å². The largest absolute Gasteiger partial charge is 0.383 e. The predicted molar refractivity (Wildman–Crippen MR) is 49.2 cm³/mol.